The van der Waals surface area contributed by atoms with Gasteiger partial charge in [0.15, 0.2) is 0 Å². The second kappa shape index (κ2) is 3.33. The second-order valence-corrected chi connectivity index (χ2v) is 3.01. The number of rotatable bonds is 1. The highest BCUT2D eigenvalue weighted by atomic mass is 19.4. The van der Waals surface area contributed by atoms with Crippen molar-refractivity contribution in [2.75, 3.05) is 0 Å². The predicted molar refractivity (Wildman–Crippen MR) is 40.2 cm³/mol. The van der Waals surface area contributed by atoms with Gasteiger partial charge in [0.2, 0.25) is 0 Å². The van der Waals surface area contributed by atoms with Gasteiger partial charge < -0.3 is 12.9 Å². The molecule has 1 aliphatic rings. The van der Waals surface area contributed by atoms with Gasteiger partial charge in [-0.1, -0.05) is 6.42 Å². The van der Waals surface area contributed by atoms with E-state index < -0.39 is 6.98 Å². The minimum atomic E-state index is -4.69. The first kappa shape index (κ1) is 8.69. The van der Waals surface area contributed by atoms with Crippen LogP contribution < -0.4 is 0 Å². The van der Waals surface area contributed by atoms with E-state index in [9.17, 15) is 12.9 Å². The third kappa shape index (κ3) is 3.49. The number of hydrogen-bond donors (Lipinski definition) is 0. The smallest absolute Gasteiger partial charge is 0.445 e. The molecular formula is C7H11BF3-. The van der Waals surface area contributed by atoms with E-state index in [2.05, 4.69) is 0 Å². The molecule has 0 atom stereocenters. The van der Waals surface area contributed by atoms with Crippen LogP contribution in [-0.4, -0.2) is 6.98 Å². The van der Waals surface area contributed by atoms with E-state index in [0.717, 1.165) is 19.3 Å². The largest absolute Gasteiger partial charge is 0.502 e. The Morgan fingerprint density at radius 1 is 1.00 bits per heavy atom. The van der Waals surface area contributed by atoms with E-state index in [0.29, 0.717) is 24.4 Å². The lowest BCUT2D eigenvalue weighted by atomic mass is 9.83. The Hall–Kier alpha value is -0.405. The summed E-state index contributed by atoms with van der Waals surface area (Å²) in [5.41, 5.74) is 0.601. The van der Waals surface area contributed by atoms with Crippen molar-refractivity contribution in [2.45, 2.75) is 32.1 Å². The van der Waals surface area contributed by atoms with Crippen LogP contribution in [0.15, 0.2) is 11.5 Å². The van der Waals surface area contributed by atoms with Gasteiger partial charge in [0, 0.05) is 0 Å². The van der Waals surface area contributed by atoms with E-state index in [1.807, 2.05) is 0 Å². The van der Waals surface area contributed by atoms with E-state index >= 15 is 0 Å². The molecule has 0 aromatic carbocycles. The van der Waals surface area contributed by atoms with Crippen molar-refractivity contribution >= 4 is 6.98 Å². The topological polar surface area (TPSA) is 0 Å². The van der Waals surface area contributed by atoms with Crippen LogP contribution in [0.25, 0.3) is 0 Å². The highest BCUT2D eigenvalue weighted by Gasteiger charge is 2.20. The van der Waals surface area contributed by atoms with Crippen molar-refractivity contribution in [1.82, 2.24) is 0 Å². The minimum absolute atomic E-state index is 0.527. The zero-order valence-electron chi connectivity index (χ0n) is 6.32. The van der Waals surface area contributed by atoms with E-state index in [1.54, 1.807) is 0 Å². The lowest BCUT2D eigenvalue weighted by Gasteiger charge is -2.17. The zero-order valence-corrected chi connectivity index (χ0v) is 6.32. The Morgan fingerprint density at radius 2 is 1.55 bits per heavy atom. The van der Waals surface area contributed by atoms with Crippen LogP contribution >= 0.6 is 0 Å². The normalized spacial score (nSPS) is 20.1. The quantitative estimate of drug-likeness (QED) is 0.520. The third-order valence-corrected chi connectivity index (χ3v) is 1.92. The summed E-state index contributed by atoms with van der Waals surface area (Å²) in [6.07, 6.45) is 4.25. The Morgan fingerprint density at radius 3 is 2.00 bits per heavy atom. The molecule has 0 unspecified atom stereocenters. The molecule has 1 fully saturated rings. The molecule has 1 saturated carbocycles. The lowest BCUT2D eigenvalue weighted by molar-refractivity contribution is 0.494. The van der Waals surface area contributed by atoms with Crippen LogP contribution in [0.2, 0.25) is 0 Å². The second-order valence-electron chi connectivity index (χ2n) is 3.01. The van der Waals surface area contributed by atoms with Crippen LogP contribution in [0.5, 0.6) is 0 Å². The summed E-state index contributed by atoms with van der Waals surface area (Å²) in [5, 5.41) is 0. The number of halogens is 3. The van der Waals surface area contributed by atoms with Gasteiger partial charge >= 0.3 is 6.98 Å². The fourth-order valence-corrected chi connectivity index (χ4v) is 1.44. The molecule has 0 aromatic rings. The molecule has 0 spiro atoms. The van der Waals surface area contributed by atoms with Crippen molar-refractivity contribution in [3.8, 4) is 0 Å². The van der Waals surface area contributed by atoms with Crippen molar-refractivity contribution in [3.63, 3.8) is 0 Å². The third-order valence-electron chi connectivity index (χ3n) is 1.92. The molecule has 0 amide bonds. The maximum Gasteiger partial charge on any atom is 0.502 e. The molecule has 64 valence electrons. The minimum Gasteiger partial charge on any atom is -0.445 e. The monoisotopic (exact) mass is 163 g/mol. The number of hydrogen-bond acceptors (Lipinski definition) is 0. The van der Waals surface area contributed by atoms with Gasteiger partial charge in [-0.05, 0) is 25.7 Å². The van der Waals surface area contributed by atoms with E-state index in [1.165, 1.54) is 0 Å². The van der Waals surface area contributed by atoms with E-state index in [-0.39, 0.29) is 0 Å². The van der Waals surface area contributed by atoms with Crippen molar-refractivity contribution in [1.29, 1.82) is 0 Å². The highest BCUT2D eigenvalue weighted by Crippen LogP contribution is 2.25. The molecule has 1 rings (SSSR count). The summed E-state index contributed by atoms with van der Waals surface area (Å²) >= 11 is 0. The molecule has 0 aromatic heterocycles. The average Bonchev–Trinajstić information content (AvgIpc) is 1.85. The Kier molecular flexibility index (Phi) is 2.63. The van der Waals surface area contributed by atoms with E-state index in [4.69, 9.17) is 0 Å². The van der Waals surface area contributed by atoms with Gasteiger partial charge in [0.05, 0.1) is 0 Å². The van der Waals surface area contributed by atoms with Crippen molar-refractivity contribution < 1.29 is 12.9 Å². The highest BCUT2D eigenvalue weighted by molar-refractivity contribution is 6.64. The van der Waals surface area contributed by atoms with Crippen LogP contribution in [0, 0.1) is 0 Å². The van der Waals surface area contributed by atoms with Crippen LogP contribution in [0.4, 0.5) is 12.9 Å². The Bertz CT molecular complexity index is 152. The average molecular weight is 163 g/mol. The van der Waals surface area contributed by atoms with Crippen molar-refractivity contribution in [3.05, 3.63) is 11.5 Å². The first-order valence-corrected chi connectivity index (χ1v) is 3.98. The molecule has 0 nitrogen and oxygen atoms in total. The predicted octanol–water partition coefficient (Wildman–Crippen LogP) is 3.26. The summed E-state index contributed by atoms with van der Waals surface area (Å²) in [6.45, 7) is -4.69. The zero-order chi connectivity index (χ0) is 8.32. The first-order chi connectivity index (χ1) is 5.08. The molecule has 11 heavy (non-hydrogen) atoms. The lowest BCUT2D eigenvalue weighted by Crippen LogP contribution is -2.12. The Balaban J connectivity index is 2.50. The maximum atomic E-state index is 11.8. The summed E-state index contributed by atoms with van der Waals surface area (Å²) in [7, 11) is 0. The fourth-order valence-electron chi connectivity index (χ4n) is 1.44. The van der Waals surface area contributed by atoms with Crippen LogP contribution in [0.3, 0.4) is 0 Å². The fraction of sp³-hybridized carbons (Fsp3) is 0.714. The SMILES string of the molecule is F[B-](F)(F)C=C1CCCCC1. The van der Waals surface area contributed by atoms with Gasteiger partial charge in [-0.3, -0.25) is 0 Å². The summed E-state index contributed by atoms with van der Waals surface area (Å²) in [6, 6.07) is 0. The van der Waals surface area contributed by atoms with Gasteiger partial charge in [-0.15, -0.1) is 11.5 Å². The van der Waals surface area contributed by atoms with Gasteiger partial charge in [0.1, 0.15) is 0 Å². The Labute approximate surface area is 64.5 Å². The molecule has 0 saturated heterocycles. The number of allylic oxidation sites excluding steroid dienone is 1. The molecule has 0 radical (unpaired) electrons. The van der Waals surface area contributed by atoms with Crippen LogP contribution in [0.1, 0.15) is 32.1 Å². The standard InChI is InChI=1S/C7H11BF3/c9-8(10,11)6-7-4-2-1-3-5-7/h6H,1-5H2/q-1. The summed E-state index contributed by atoms with van der Waals surface area (Å²) < 4.78 is 35.5. The molecule has 1 aliphatic carbocycles. The van der Waals surface area contributed by atoms with Gasteiger partial charge in [0.25, 0.3) is 0 Å². The maximum absolute atomic E-state index is 11.8. The molecule has 0 N–H and O–H groups in total. The van der Waals surface area contributed by atoms with Gasteiger partial charge in [-0.2, -0.15) is 0 Å². The van der Waals surface area contributed by atoms with Crippen molar-refractivity contribution in [2.24, 2.45) is 0 Å². The van der Waals surface area contributed by atoms with Gasteiger partial charge in [-0.25, -0.2) is 0 Å². The van der Waals surface area contributed by atoms with Crippen LogP contribution in [-0.2, 0) is 0 Å². The molecule has 0 aliphatic heterocycles. The molecular weight excluding hydrogens is 152 g/mol. The molecule has 0 bridgehead atoms. The molecule has 0 heterocycles. The summed E-state index contributed by atoms with van der Waals surface area (Å²) in [4.78, 5) is 0. The first-order valence-electron chi connectivity index (χ1n) is 3.98. The molecule has 4 heteroatoms. The summed E-state index contributed by atoms with van der Waals surface area (Å²) in [5.74, 6) is 0.527.